The Morgan fingerprint density at radius 2 is 1.94 bits per heavy atom. The van der Waals surface area contributed by atoms with Gasteiger partial charge in [0.05, 0.1) is 29.2 Å². The number of amides is 3. The molecule has 3 aliphatic rings. The molecule has 2 bridgehead atoms. The normalized spacial score (nSPS) is 30.5. The highest BCUT2D eigenvalue weighted by Crippen LogP contribution is 2.66. The molecule has 3 heterocycles. The minimum absolute atomic E-state index is 0.0154. The number of aliphatic hydroxyl groups excluding tert-OH is 1. The maximum atomic E-state index is 14.0. The fraction of sp³-hybridized carbons (Fsp3) is 0.654. The van der Waals surface area contributed by atoms with Crippen LogP contribution in [0.15, 0.2) is 30.3 Å². The molecule has 3 amide bonds. The van der Waals surface area contributed by atoms with Crippen molar-refractivity contribution in [3.8, 4) is 0 Å². The first-order chi connectivity index (χ1) is 16.4. The number of rotatable bonds is 10. The molecule has 7 nitrogen and oxygen atoms in total. The van der Waals surface area contributed by atoms with E-state index in [1.54, 1.807) is 16.7 Å². The SMILES string of the molecule is CCCCCNC(=O)C1N([C@@H](CO)C(C)C)C(=O)[C@@H]2[C@@H](C(=O)Nc3ccccc3)[C@H]3CCC12S3. The standard InChI is InChI=1S/C26H37N3O4S/c1-4-5-9-14-27-24(32)22-26-13-12-19(34-26)20(23(31)28-17-10-7-6-8-11-17)21(26)25(33)29(22)18(15-30)16(2)3/h6-8,10-11,16,18-22,30H,4-5,9,12-15H2,1-3H3,(H,27,32)(H,28,31)/t18-,19+,20-,21-,22?,26?/m0/s1. The van der Waals surface area contributed by atoms with Crippen LogP contribution < -0.4 is 10.6 Å². The number of para-hydroxylation sites is 1. The molecule has 3 aliphatic heterocycles. The van der Waals surface area contributed by atoms with Crippen LogP contribution in [0.25, 0.3) is 0 Å². The maximum Gasteiger partial charge on any atom is 0.244 e. The molecule has 186 valence electrons. The van der Waals surface area contributed by atoms with Crippen LogP contribution in [0.5, 0.6) is 0 Å². The minimum atomic E-state index is -0.671. The summed E-state index contributed by atoms with van der Waals surface area (Å²) in [6.07, 6.45) is 4.52. The van der Waals surface area contributed by atoms with Gasteiger partial charge in [0, 0.05) is 17.5 Å². The largest absolute Gasteiger partial charge is 0.394 e. The van der Waals surface area contributed by atoms with Crippen LogP contribution in [0.3, 0.4) is 0 Å². The van der Waals surface area contributed by atoms with Crippen molar-refractivity contribution in [2.75, 3.05) is 18.5 Å². The summed E-state index contributed by atoms with van der Waals surface area (Å²) < 4.78 is -0.627. The summed E-state index contributed by atoms with van der Waals surface area (Å²) in [7, 11) is 0. The summed E-state index contributed by atoms with van der Waals surface area (Å²) in [5.74, 6) is -1.53. The van der Waals surface area contributed by atoms with Crippen LogP contribution in [-0.4, -0.2) is 63.0 Å². The van der Waals surface area contributed by atoms with Crippen LogP contribution in [0, 0.1) is 17.8 Å². The van der Waals surface area contributed by atoms with Crippen molar-refractivity contribution in [1.82, 2.24) is 10.2 Å². The van der Waals surface area contributed by atoms with Crippen molar-refractivity contribution < 1.29 is 19.5 Å². The first kappa shape index (κ1) is 25.0. The van der Waals surface area contributed by atoms with Crippen molar-refractivity contribution >= 4 is 35.2 Å². The number of anilines is 1. The van der Waals surface area contributed by atoms with E-state index >= 15 is 0 Å². The number of hydrogen-bond donors (Lipinski definition) is 3. The lowest BCUT2D eigenvalue weighted by atomic mass is 9.70. The van der Waals surface area contributed by atoms with E-state index in [0.717, 1.165) is 32.1 Å². The first-order valence-corrected chi connectivity index (χ1v) is 13.5. The van der Waals surface area contributed by atoms with Crippen molar-refractivity contribution in [2.24, 2.45) is 17.8 Å². The number of unbranched alkanes of at least 4 members (excludes halogenated alkanes) is 2. The maximum absolute atomic E-state index is 14.0. The van der Waals surface area contributed by atoms with Crippen molar-refractivity contribution in [1.29, 1.82) is 0 Å². The molecule has 8 heteroatoms. The van der Waals surface area contributed by atoms with Gasteiger partial charge in [-0.2, -0.15) is 0 Å². The summed E-state index contributed by atoms with van der Waals surface area (Å²) >= 11 is 1.66. The Morgan fingerprint density at radius 3 is 2.59 bits per heavy atom. The molecule has 3 saturated heterocycles. The van der Waals surface area contributed by atoms with Crippen LogP contribution in [0.1, 0.15) is 52.9 Å². The number of fused-ring (bicyclic) bond motifs is 1. The van der Waals surface area contributed by atoms with E-state index in [9.17, 15) is 19.5 Å². The highest BCUT2D eigenvalue weighted by atomic mass is 32.2. The molecular weight excluding hydrogens is 450 g/mol. The zero-order chi connectivity index (χ0) is 24.5. The minimum Gasteiger partial charge on any atom is -0.394 e. The summed E-state index contributed by atoms with van der Waals surface area (Å²) in [5.41, 5.74) is 0.706. The summed E-state index contributed by atoms with van der Waals surface area (Å²) in [5, 5.41) is 16.3. The molecule has 6 atom stereocenters. The number of carbonyl (C=O) groups excluding carboxylic acids is 3. The van der Waals surface area contributed by atoms with E-state index in [-0.39, 0.29) is 35.5 Å². The molecule has 2 unspecified atom stereocenters. The van der Waals surface area contributed by atoms with Crippen molar-refractivity contribution in [3.63, 3.8) is 0 Å². The van der Waals surface area contributed by atoms with Crippen molar-refractivity contribution in [3.05, 3.63) is 30.3 Å². The van der Waals surface area contributed by atoms with E-state index in [0.29, 0.717) is 12.2 Å². The number of nitrogens with zero attached hydrogens (tertiary/aromatic N) is 1. The Labute approximate surface area is 206 Å². The van der Waals surface area contributed by atoms with E-state index in [1.807, 2.05) is 44.2 Å². The van der Waals surface area contributed by atoms with Gasteiger partial charge in [-0.25, -0.2) is 0 Å². The predicted octanol–water partition coefficient (Wildman–Crippen LogP) is 3.04. The third-order valence-corrected chi connectivity index (χ3v) is 9.68. The quantitative estimate of drug-likeness (QED) is 0.441. The third-order valence-electron chi connectivity index (χ3n) is 7.72. The molecule has 0 saturated carbocycles. The molecule has 1 aromatic carbocycles. The molecule has 0 radical (unpaired) electrons. The number of thioether (sulfide) groups is 1. The lowest BCUT2D eigenvalue weighted by molar-refractivity contribution is -0.143. The van der Waals surface area contributed by atoms with E-state index in [4.69, 9.17) is 0 Å². The van der Waals surface area contributed by atoms with E-state index in [1.165, 1.54) is 0 Å². The Hall–Kier alpha value is -2.06. The highest BCUT2D eigenvalue weighted by molar-refractivity contribution is 8.02. The molecule has 1 spiro atoms. The monoisotopic (exact) mass is 487 g/mol. The number of aliphatic hydroxyl groups is 1. The molecule has 0 aliphatic carbocycles. The van der Waals surface area contributed by atoms with Crippen LogP contribution >= 0.6 is 11.8 Å². The second-order valence-electron chi connectivity index (χ2n) is 10.1. The average molecular weight is 488 g/mol. The number of hydrogen-bond acceptors (Lipinski definition) is 5. The number of likely N-dealkylation sites (tertiary alicyclic amines) is 1. The van der Waals surface area contributed by atoms with Gasteiger partial charge in [-0.05, 0) is 37.3 Å². The lowest BCUT2D eigenvalue weighted by Gasteiger charge is -2.38. The summed E-state index contributed by atoms with van der Waals surface area (Å²) in [6.45, 7) is 6.40. The Morgan fingerprint density at radius 1 is 1.21 bits per heavy atom. The van der Waals surface area contributed by atoms with Gasteiger partial charge in [0.2, 0.25) is 17.7 Å². The predicted molar refractivity (Wildman–Crippen MR) is 134 cm³/mol. The van der Waals surface area contributed by atoms with Gasteiger partial charge in [0.1, 0.15) is 6.04 Å². The summed E-state index contributed by atoms with van der Waals surface area (Å²) in [4.78, 5) is 42.7. The van der Waals surface area contributed by atoms with Crippen LogP contribution in [0.4, 0.5) is 5.69 Å². The van der Waals surface area contributed by atoms with Gasteiger partial charge in [0.25, 0.3) is 0 Å². The number of benzene rings is 1. The van der Waals surface area contributed by atoms with Gasteiger partial charge in [-0.3, -0.25) is 14.4 Å². The molecular formula is C26H37N3O4S. The molecule has 1 aromatic rings. The van der Waals surface area contributed by atoms with Gasteiger partial charge in [-0.1, -0.05) is 51.8 Å². The number of nitrogens with one attached hydrogen (secondary N) is 2. The van der Waals surface area contributed by atoms with Crippen molar-refractivity contribution in [2.45, 2.75) is 75.0 Å². The average Bonchev–Trinajstić information content (AvgIpc) is 3.45. The van der Waals surface area contributed by atoms with Gasteiger partial charge < -0.3 is 20.6 Å². The third kappa shape index (κ3) is 4.24. The highest BCUT2D eigenvalue weighted by Gasteiger charge is 2.74. The Balaban J connectivity index is 1.65. The number of carbonyl (C=O) groups is 3. The second kappa shape index (κ2) is 10.3. The lowest BCUT2D eigenvalue weighted by Crippen LogP contribution is -2.57. The molecule has 3 N–H and O–H groups in total. The Bertz CT molecular complexity index is 911. The fourth-order valence-electron chi connectivity index (χ4n) is 6.10. The van der Waals surface area contributed by atoms with Crippen LogP contribution in [0.2, 0.25) is 0 Å². The van der Waals surface area contributed by atoms with Crippen LogP contribution in [-0.2, 0) is 14.4 Å². The second-order valence-corrected chi connectivity index (χ2v) is 11.8. The molecule has 3 fully saturated rings. The smallest absolute Gasteiger partial charge is 0.244 e. The van der Waals surface area contributed by atoms with Gasteiger partial charge in [0.15, 0.2) is 0 Å². The molecule has 0 aromatic heterocycles. The molecule has 34 heavy (non-hydrogen) atoms. The molecule has 4 rings (SSSR count). The fourth-order valence-corrected chi connectivity index (χ4v) is 8.30. The van der Waals surface area contributed by atoms with E-state index in [2.05, 4.69) is 17.6 Å². The topological polar surface area (TPSA) is 98.7 Å². The van der Waals surface area contributed by atoms with Gasteiger partial charge >= 0.3 is 0 Å². The van der Waals surface area contributed by atoms with E-state index < -0.39 is 28.7 Å². The first-order valence-electron chi connectivity index (χ1n) is 12.6. The van der Waals surface area contributed by atoms with Gasteiger partial charge in [-0.15, -0.1) is 11.8 Å². The summed E-state index contributed by atoms with van der Waals surface area (Å²) in [6, 6.07) is 8.16. The Kier molecular flexibility index (Phi) is 7.57. The zero-order valence-corrected chi connectivity index (χ0v) is 21.1. The zero-order valence-electron chi connectivity index (χ0n) is 20.3.